The molecule has 0 aromatic heterocycles. The first-order valence-electron chi connectivity index (χ1n) is 3.95. The van der Waals surface area contributed by atoms with Crippen LogP contribution in [0.1, 0.15) is 17.5 Å². The van der Waals surface area contributed by atoms with Gasteiger partial charge in [-0.25, -0.2) is 0 Å². The number of halogens is 2. The Hall–Kier alpha value is -0.210. The highest BCUT2D eigenvalue weighted by molar-refractivity contribution is 9.10. The third-order valence-electron chi connectivity index (χ3n) is 2.32. The van der Waals surface area contributed by atoms with Crippen LogP contribution in [0.4, 0.5) is 5.69 Å². The third-order valence-corrected chi connectivity index (χ3v) is 3.54. The maximum atomic E-state index is 5.94. The summed E-state index contributed by atoms with van der Waals surface area (Å²) in [4.78, 5) is 0. The Morgan fingerprint density at radius 2 is 2.17 bits per heavy atom. The molecule has 1 aromatic carbocycles. The van der Waals surface area contributed by atoms with Crippen LogP contribution in [-0.4, -0.2) is 0 Å². The molecule has 1 aliphatic carbocycles. The largest absolute Gasteiger partial charge is 0.397 e. The van der Waals surface area contributed by atoms with Crippen molar-refractivity contribution in [3.8, 4) is 0 Å². The summed E-state index contributed by atoms with van der Waals surface area (Å²) in [7, 11) is 0. The van der Waals surface area contributed by atoms with Crippen LogP contribution in [0.3, 0.4) is 0 Å². The fourth-order valence-corrected chi connectivity index (χ4v) is 2.68. The van der Waals surface area contributed by atoms with Crippen LogP contribution in [0.25, 0.3) is 0 Å². The summed E-state index contributed by atoms with van der Waals surface area (Å²) < 4.78 is 1.00. The van der Waals surface area contributed by atoms with E-state index in [2.05, 4.69) is 15.9 Å². The first-order valence-corrected chi connectivity index (χ1v) is 5.12. The van der Waals surface area contributed by atoms with E-state index in [1.54, 1.807) is 0 Å². The zero-order chi connectivity index (χ0) is 8.72. The molecule has 0 radical (unpaired) electrons. The fraction of sp³-hybridized carbons (Fsp3) is 0.333. The van der Waals surface area contributed by atoms with E-state index >= 15 is 0 Å². The van der Waals surface area contributed by atoms with E-state index in [9.17, 15) is 0 Å². The van der Waals surface area contributed by atoms with Crippen molar-refractivity contribution < 1.29 is 0 Å². The number of fused-ring (bicyclic) bond motifs is 1. The van der Waals surface area contributed by atoms with Crippen LogP contribution in [0.2, 0.25) is 5.02 Å². The Labute approximate surface area is 85.0 Å². The maximum absolute atomic E-state index is 5.94. The molecule has 12 heavy (non-hydrogen) atoms. The molecular formula is C9H9BrClN. The summed E-state index contributed by atoms with van der Waals surface area (Å²) >= 11 is 9.42. The summed E-state index contributed by atoms with van der Waals surface area (Å²) in [5, 5.41) is 0.669. The normalized spacial score (nSPS) is 14.8. The molecule has 0 aliphatic heterocycles. The van der Waals surface area contributed by atoms with Gasteiger partial charge in [-0.3, -0.25) is 0 Å². The molecule has 2 N–H and O–H groups in total. The molecule has 64 valence electrons. The Bertz CT molecular complexity index is 336. The summed E-state index contributed by atoms with van der Waals surface area (Å²) in [6.45, 7) is 0. The molecule has 0 saturated carbocycles. The minimum atomic E-state index is 0.669. The lowest BCUT2D eigenvalue weighted by Gasteiger charge is -2.07. The van der Waals surface area contributed by atoms with Gasteiger partial charge in [0.25, 0.3) is 0 Å². The van der Waals surface area contributed by atoms with Gasteiger partial charge in [-0.05, 0) is 52.4 Å². The molecule has 0 spiro atoms. The van der Waals surface area contributed by atoms with Crippen LogP contribution in [-0.2, 0) is 12.8 Å². The molecule has 0 saturated heterocycles. The predicted molar refractivity (Wildman–Crippen MR) is 55.6 cm³/mol. The first kappa shape index (κ1) is 8.39. The van der Waals surface area contributed by atoms with E-state index in [4.69, 9.17) is 17.3 Å². The lowest BCUT2D eigenvalue weighted by atomic mass is 10.1. The Morgan fingerprint density at radius 1 is 1.42 bits per heavy atom. The summed E-state index contributed by atoms with van der Waals surface area (Å²) in [6.07, 6.45) is 3.47. The fourth-order valence-electron chi connectivity index (χ4n) is 1.68. The topological polar surface area (TPSA) is 26.0 Å². The van der Waals surface area contributed by atoms with Gasteiger partial charge in [-0.1, -0.05) is 11.6 Å². The van der Waals surface area contributed by atoms with Gasteiger partial charge in [0.15, 0.2) is 0 Å². The lowest BCUT2D eigenvalue weighted by Crippen LogP contribution is -1.93. The second-order valence-corrected chi connectivity index (χ2v) is 4.28. The van der Waals surface area contributed by atoms with Crippen LogP contribution >= 0.6 is 27.5 Å². The highest BCUT2D eigenvalue weighted by Crippen LogP contribution is 2.37. The van der Waals surface area contributed by atoms with Gasteiger partial charge in [0.2, 0.25) is 0 Å². The Kier molecular flexibility index (Phi) is 2.05. The second-order valence-electron chi connectivity index (χ2n) is 3.08. The summed E-state index contributed by atoms with van der Waals surface area (Å²) in [5.41, 5.74) is 9.15. The van der Waals surface area contributed by atoms with E-state index in [1.807, 2.05) is 6.07 Å². The minimum absolute atomic E-state index is 0.669. The zero-order valence-corrected chi connectivity index (χ0v) is 8.87. The molecule has 0 bridgehead atoms. The molecule has 0 amide bonds. The molecule has 1 aliphatic rings. The maximum Gasteiger partial charge on any atom is 0.0650 e. The van der Waals surface area contributed by atoms with E-state index in [-0.39, 0.29) is 0 Å². The zero-order valence-electron chi connectivity index (χ0n) is 6.53. The quantitative estimate of drug-likeness (QED) is 0.699. The average molecular weight is 247 g/mol. The van der Waals surface area contributed by atoms with Crippen molar-refractivity contribution >= 4 is 33.2 Å². The molecule has 0 heterocycles. The van der Waals surface area contributed by atoms with Crippen LogP contribution in [0, 0.1) is 0 Å². The third kappa shape index (κ3) is 1.14. The highest BCUT2D eigenvalue weighted by atomic mass is 79.9. The van der Waals surface area contributed by atoms with Crippen molar-refractivity contribution in [2.45, 2.75) is 19.3 Å². The van der Waals surface area contributed by atoms with Gasteiger partial charge in [-0.2, -0.15) is 0 Å². The number of aryl methyl sites for hydroxylation is 1. The average Bonchev–Trinajstić information content (AvgIpc) is 2.48. The Morgan fingerprint density at radius 3 is 2.92 bits per heavy atom. The number of anilines is 1. The molecule has 0 fully saturated rings. The molecule has 2 rings (SSSR count). The molecule has 0 unspecified atom stereocenters. The van der Waals surface area contributed by atoms with Gasteiger partial charge in [-0.15, -0.1) is 0 Å². The summed E-state index contributed by atoms with van der Waals surface area (Å²) in [6, 6.07) is 1.99. The van der Waals surface area contributed by atoms with Crippen molar-refractivity contribution in [3.05, 3.63) is 26.7 Å². The lowest BCUT2D eigenvalue weighted by molar-refractivity contribution is 0.910. The van der Waals surface area contributed by atoms with Gasteiger partial charge in [0.1, 0.15) is 0 Å². The molecule has 3 heteroatoms. The van der Waals surface area contributed by atoms with E-state index in [1.165, 1.54) is 17.5 Å². The number of rotatable bonds is 0. The number of nitrogen functional groups attached to an aromatic ring is 1. The monoisotopic (exact) mass is 245 g/mol. The molecule has 0 atom stereocenters. The summed E-state index contributed by atoms with van der Waals surface area (Å²) in [5.74, 6) is 0. The minimum Gasteiger partial charge on any atom is -0.397 e. The molecule has 1 nitrogen and oxygen atoms in total. The second kappa shape index (κ2) is 2.93. The van der Waals surface area contributed by atoms with Crippen molar-refractivity contribution in [2.75, 3.05) is 5.73 Å². The van der Waals surface area contributed by atoms with E-state index < -0.39 is 0 Å². The Balaban J connectivity index is 2.67. The van der Waals surface area contributed by atoms with Gasteiger partial charge in [0.05, 0.1) is 10.7 Å². The van der Waals surface area contributed by atoms with Crippen molar-refractivity contribution in [1.29, 1.82) is 0 Å². The van der Waals surface area contributed by atoms with Crippen LogP contribution in [0.15, 0.2) is 10.5 Å². The number of hydrogen-bond donors (Lipinski definition) is 1. The van der Waals surface area contributed by atoms with Crippen LogP contribution in [0.5, 0.6) is 0 Å². The number of nitrogens with two attached hydrogens (primary N) is 1. The van der Waals surface area contributed by atoms with Crippen molar-refractivity contribution in [2.24, 2.45) is 0 Å². The standard InChI is InChI=1S/C9H9BrClN/c10-8-6-3-1-2-5(6)4-7(11)9(8)12/h4H,1-3,12H2. The number of hydrogen-bond acceptors (Lipinski definition) is 1. The highest BCUT2D eigenvalue weighted by Gasteiger charge is 2.17. The molecule has 1 aromatic rings. The van der Waals surface area contributed by atoms with E-state index in [0.717, 1.165) is 17.3 Å². The van der Waals surface area contributed by atoms with Crippen molar-refractivity contribution in [1.82, 2.24) is 0 Å². The number of benzene rings is 1. The molecular weight excluding hydrogens is 237 g/mol. The van der Waals surface area contributed by atoms with Gasteiger partial charge in [0, 0.05) is 4.47 Å². The van der Waals surface area contributed by atoms with Gasteiger partial charge >= 0.3 is 0 Å². The van der Waals surface area contributed by atoms with Crippen molar-refractivity contribution in [3.63, 3.8) is 0 Å². The SMILES string of the molecule is Nc1c(Cl)cc2c(c1Br)CCC2. The smallest absolute Gasteiger partial charge is 0.0650 e. The van der Waals surface area contributed by atoms with E-state index in [0.29, 0.717) is 10.7 Å². The van der Waals surface area contributed by atoms with Crippen LogP contribution < -0.4 is 5.73 Å². The predicted octanol–water partition coefficient (Wildman–Crippen LogP) is 3.17. The van der Waals surface area contributed by atoms with Gasteiger partial charge < -0.3 is 5.73 Å². The first-order chi connectivity index (χ1) is 5.70.